The number of pyridine rings is 1. The highest BCUT2D eigenvalue weighted by Crippen LogP contribution is 2.30. The number of anilines is 2. The molecule has 0 spiro atoms. The topological polar surface area (TPSA) is 80.5 Å². The number of rotatable bonds is 8. The lowest BCUT2D eigenvalue weighted by Crippen LogP contribution is -2.43. The molecule has 0 saturated carbocycles. The molecule has 188 valence electrons. The predicted octanol–water partition coefficient (Wildman–Crippen LogP) is 5.97. The number of hydrogen-bond donors (Lipinski definition) is 2. The lowest BCUT2D eigenvalue weighted by molar-refractivity contribution is 0.0986. The molecule has 3 N–H and O–H groups in total. The summed E-state index contributed by atoms with van der Waals surface area (Å²) in [6, 6.07) is 17.9. The number of nitrogen functional groups attached to an aromatic ring is 1. The molecule has 6 nitrogen and oxygen atoms in total. The second kappa shape index (κ2) is 11.7. The van der Waals surface area contributed by atoms with Gasteiger partial charge in [-0.3, -0.25) is 4.79 Å². The number of thiophene rings is 1. The first-order valence-electron chi connectivity index (χ1n) is 11.7. The van der Waals surface area contributed by atoms with Gasteiger partial charge >= 0.3 is 0 Å². The van der Waals surface area contributed by atoms with Gasteiger partial charge in [0.25, 0.3) is 0 Å². The zero-order valence-corrected chi connectivity index (χ0v) is 20.9. The van der Waals surface area contributed by atoms with E-state index in [0.717, 1.165) is 58.8 Å². The summed E-state index contributed by atoms with van der Waals surface area (Å²) in [5.41, 5.74) is 8.18. The average Bonchev–Trinajstić information content (AvgIpc) is 3.27. The fourth-order valence-corrected chi connectivity index (χ4v) is 5.55. The van der Waals surface area contributed by atoms with Gasteiger partial charge in [0, 0.05) is 55.9 Å². The number of Topliss-reactive ketones (excluding diaryl/α,β-unsaturated/α-hetero) is 1. The molecule has 2 aromatic heterocycles. The summed E-state index contributed by atoms with van der Waals surface area (Å²) in [5, 5.41) is 5.90. The maximum atomic E-state index is 12.9. The molecule has 36 heavy (non-hydrogen) atoms. The summed E-state index contributed by atoms with van der Waals surface area (Å²) in [7, 11) is 0. The molecule has 0 amide bonds. The van der Waals surface area contributed by atoms with Gasteiger partial charge in [0.2, 0.25) is 0 Å². The van der Waals surface area contributed by atoms with Crippen molar-refractivity contribution in [1.82, 2.24) is 10.3 Å². The summed E-state index contributed by atoms with van der Waals surface area (Å²) in [5.74, 6) is 1.40. The quantitative estimate of drug-likeness (QED) is 0.277. The molecule has 8 heteroatoms. The third-order valence-electron chi connectivity index (χ3n) is 6.20. The Morgan fingerprint density at radius 3 is 2.81 bits per heavy atom. The fraction of sp³-hybridized carbons (Fsp3) is 0.286. The Morgan fingerprint density at radius 2 is 1.97 bits per heavy atom. The summed E-state index contributed by atoms with van der Waals surface area (Å²) in [6.07, 6.45) is 2.76. The van der Waals surface area contributed by atoms with Crippen LogP contribution in [0.5, 0.6) is 5.75 Å². The molecule has 0 bridgehead atoms. The molecule has 0 radical (unpaired) electrons. The van der Waals surface area contributed by atoms with Crippen molar-refractivity contribution < 1.29 is 9.53 Å². The van der Waals surface area contributed by atoms with Crippen LogP contribution in [-0.4, -0.2) is 36.9 Å². The minimum absolute atomic E-state index is 0. The normalized spacial score (nSPS) is 13.4. The highest BCUT2D eigenvalue weighted by Gasteiger charge is 2.15. The van der Waals surface area contributed by atoms with Gasteiger partial charge in [-0.2, -0.15) is 0 Å². The number of nitrogens with one attached hydrogen (secondary N) is 1. The Bertz CT molecular complexity index is 1350. The third kappa shape index (κ3) is 5.98. The molecule has 3 heterocycles. The van der Waals surface area contributed by atoms with Gasteiger partial charge in [-0.25, -0.2) is 4.98 Å². The maximum absolute atomic E-state index is 12.9. The number of carbonyl (C=O) groups is 1. The van der Waals surface area contributed by atoms with Gasteiger partial charge in [0.15, 0.2) is 5.78 Å². The minimum atomic E-state index is 0. The number of benzene rings is 2. The second-order valence-electron chi connectivity index (χ2n) is 8.58. The zero-order valence-electron chi connectivity index (χ0n) is 19.3. The third-order valence-corrected chi connectivity index (χ3v) is 7.80. The van der Waals surface area contributed by atoms with Crippen molar-refractivity contribution in [3.05, 3.63) is 81.1 Å². The van der Waals surface area contributed by atoms with Crippen molar-refractivity contribution in [3.8, 4) is 5.75 Å². The lowest BCUT2D eigenvalue weighted by Gasteiger charge is -2.29. The van der Waals surface area contributed by atoms with Gasteiger partial charge < -0.3 is 20.7 Å². The van der Waals surface area contributed by atoms with E-state index in [-0.39, 0.29) is 13.2 Å². The van der Waals surface area contributed by atoms with Crippen LogP contribution in [0.1, 0.15) is 34.0 Å². The molecule has 2 aromatic carbocycles. The predicted molar refractivity (Wildman–Crippen MR) is 151 cm³/mol. The molecule has 0 aliphatic carbocycles. The van der Waals surface area contributed by atoms with E-state index in [1.165, 1.54) is 11.3 Å². The number of nitrogens with zero attached hydrogens (tertiary/aromatic N) is 2. The Labute approximate surface area is 221 Å². The number of ether oxygens (including phenoxy) is 1. The summed E-state index contributed by atoms with van der Waals surface area (Å²) in [4.78, 5) is 20.9. The molecular formula is C28H31ClN4O2S. The average molecular weight is 523 g/mol. The molecule has 5 rings (SSSR count). The van der Waals surface area contributed by atoms with Crippen molar-refractivity contribution >= 4 is 51.0 Å². The first-order chi connectivity index (χ1) is 17.1. The number of carbonyl (C=O) groups excluding carboxylic acids is 1. The number of fused-ring (bicyclic) bond motifs is 1. The van der Waals surface area contributed by atoms with Crippen molar-refractivity contribution in [2.24, 2.45) is 0 Å². The Hall–Kier alpha value is -3.13. The number of aromatic nitrogens is 1. The first kappa shape index (κ1) is 25.9. The standard InChI is InChI=1S/C27H27ClN4O2S.CH4/c28-23-16-25(24(33)7-5-18-4-6-22-19(14-18)8-9-31-27(22)29)35-26(23)17-34-21-3-1-2-20(15-21)32-12-10-30-11-13-32;/h1-4,6,8-9,14-16,30H,5,7,10-13,17H2,(H2,29,31);1H4. The second-order valence-corrected chi connectivity index (χ2v) is 10.1. The van der Waals surface area contributed by atoms with Crippen molar-refractivity contribution in [2.75, 3.05) is 36.8 Å². The van der Waals surface area contributed by atoms with E-state index >= 15 is 0 Å². The Balaban J connectivity index is 0.00000304. The monoisotopic (exact) mass is 522 g/mol. The molecule has 0 atom stereocenters. The molecule has 1 fully saturated rings. The number of ketones is 1. The Morgan fingerprint density at radius 1 is 1.14 bits per heavy atom. The van der Waals surface area contributed by atoms with Crippen molar-refractivity contribution in [2.45, 2.75) is 26.9 Å². The fourth-order valence-electron chi connectivity index (χ4n) is 4.27. The van der Waals surface area contributed by atoms with Gasteiger partial charge in [0.1, 0.15) is 18.2 Å². The van der Waals surface area contributed by atoms with Gasteiger partial charge in [-0.15, -0.1) is 11.3 Å². The van der Waals surface area contributed by atoms with Crippen LogP contribution < -0.4 is 20.7 Å². The van der Waals surface area contributed by atoms with Crippen molar-refractivity contribution in [1.29, 1.82) is 0 Å². The maximum Gasteiger partial charge on any atom is 0.173 e. The number of halogens is 1. The minimum Gasteiger partial charge on any atom is -0.488 e. The largest absolute Gasteiger partial charge is 0.488 e. The van der Waals surface area contributed by atoms with Crippen LogP contribution in [0.2, 0.25) is 5.02 Å². The van der Waals surface area contributed by atoms with Crippen LogP contribution in [0.25, 0.3) is 10.8 Å². The van der Waals surface area contributed by atoms with Crippen LogP contribution >= 0.6 is 22.9 Å². The van der Waals surface area contributed by atoms with E-state index in [1.807, 2.05) is 30.3 Å². The van der Waals surface area contributed by atoms with Gasteiger partial charge in [-0.1, -0.05) is 43.3 Å². The molecule has 1 saturated heterocycles. The van der Waals surface area contributed by atoms with Crippen LogP contribution in [0.3, 0.4) is 0 Å². The number of piperazine rings is 1. The van der Waals surface area contributed by atoms with Crippen LogP contribution in [0.15, 0.2) is 60.8 Å². The van der Waals surface area contributed by atoms with Crippen molar-refractivity contribution in [3.63, 3.8) is 0 Å². The Kier molecular flexibility index (Phi) is 8.46. The van der Waals surface area contributed by atoms with Gasteiger partial charge in [-0.05, 0) is 41.6 Å². The summed E-state index contributed by atoms with van der Waals surface area (Å²) < 4.78 is 6.03. The highest BCUT2D eigenvalue weighted by atomic mass is 35.5. The van der Waals surface area contributed by atoms with E-state index in [0.29, 0.717) is 35.2 Å². The molecule has 0 unspecified atom stereocenters. The smallest absolute Gasteiger partial charge is 0.173 e. The molecule has 1 aliphatic heterocycles. The van der Waals surface area contributed by atoms with E-state index in [2.05, 4.69) is 33.4 Å². The van der Waals surface area contributed by atoms with Crippen LogP contribution in [-0.2, 0) is 13.0 Å². The van der Waals surface area contributed by atoms with E-state index in [1.54, 1.807) is 12.3 Å². The number of nitrogens with two attached hydrogens (primary N) is 1. The first-order valence-corrected chi connectivity index (χ1v) is 12.9. The SMILES string of the molecule is C.Nc1nccc2cc(CCC(=O)c3cc(Cl)c(COc4cccc(N5CCNCC5)c4)s3)ccc12. The zero-order chi connectivity index (χ0) is 24.2. The molecular weight excluding hydrogens is 492 g/mol. The molecule has 4 aromatic rings. The number of aryl methyl sites for hydroxylation is 1. The van der Waals surface area contributed by atoms with Gasteiger partial charge in [0.05, 0.1) is 14.8 Å². The van der Waals surface area contributed by atoms with Crippen LogP contribution in [0.4, 0.5) is 11.5 Å². The lowest BCUT2D eigenvalue weighted by atomic mass is 10.0. The van der Waals surface area contributed by atoms with E-state index in [4.69, 9.17) is 22.1 Å². The van der Waals surface area contributed by atoms with E-state index in [9.17, 15) is 4.79 Å². The van der Waals surface area contributed by atoms with E-state index < -0.39 is 0 Å². The summed E-state index contributed by atoms with van der Waals surface area (Å²) in [6.45, 7) is 4.27. The highest BCUT2D eigenvalue weighted by molar-refractivity contribution is 7.14. The number of hydrogen-bond acceptors (Lipinski definition) is 7. The van der Waals surface area contributed by atoms with Crippen LogP contribution in [0, 0.1) is 0 Å². The molecule has 1 aliphatic rings. The summed E-state index contributed by atoms with van der Waals surface area (Å²) >= 11 is 7.86.